The number of rotatable bonds is 4. The molecular weight excluding hydrogens is 228 g/mol. The molecule has 2 N–H and O–H groups in total. The van der Waals surface area contributed by atoms with E-state index in [9.17, 15) is 9.90 Å². The third-order valence-electron chi connectivity index (χ3n) is 4.18. The van der Waals surface area contributed by atoms with Crippen molar-refractivity contribution in [2.75, 3.05) is 19.6 Å². The van der Waals surface area contributed by atoms with E-state index in [1.54, 1.807) is 0 Å². The van der Waals surface area contributed by atoms with Crippen LogP contribution in [0.1, 0.15) is 51.4 Å². The number of hydrogen-bond acceptors (Lipinski definition) is 3. The molecule has 0 spiro atoms. The number of piperidine rings is 1. The Morgan fingerprint density at radius 2 is 1.78 bits per heavy atom. The lowest BCUT2D eigenvalue weighted by Gasteiger charge is -2.28. The molecule has 1 aliphatic carbocycles. The summed E-state index contributed by atoms with van der Waals surface area (Å²) in [7, 11) is 0. The number of nitrogens with zero attached hydrogens (tertiary/aromatic N) is 1. The first-order valence-corrected chi connectivity index (χ1v) is 7.45. The van der Waals surface area contributed by atoms with E-state index in [2.05, 4.69) is 5.32 Å². The fourth-order valence-corrected chi connectivity index (χ4v) is 2.96. The van der Waals surface area contributed by atoms with Crippen molar-refractivity contribution in [2.45, 2.75) is 63.5 Å². The largest absolute Gasteiger partial charge is 0.393 e. The summed E-state index contributed by atoms with van der Waals surface area (Å²) in [5.41, 5.74) is 0. The number of carbonyl (C=O) groups is 1. The van der Waals surface area contributed by atoms with Gasteiger partial charge < -0.3 is 15.3 Å². The van der Waals surface area contributed by atoms with E-state index in [4.69, 9.17) is 0 Å². The molecule has 1 saturated heterocycles. The van der Waals surface area contributed by atoms with Crippen molar-refractivity contribution in [3.8, 4) is 0 Å². The number of amides is 1. The number of hydrogen-bond donors (Lipinski definition) is 2. The zero-order valence-electron chi connectivity index (χ0n) is 11.2. The molecule has 2 rings (SSSR count). The Kier molecular flexibility index (Phi) is 5.45. The molecule has 0 aromatic carbocycles. The van der Waals surface area contributed by atoms with E-state index in [1.807, 2.05) is 4.90 Å². The second-order valence-corrected chi connectivity index (χ2v) is 5.65. The Morgan fingerprint density at radius 1 is 1.11 bits per heavy atom. The molecule has 0 aromatic rings. The van der Waals surface area contributed by atoms with Gasteiger partial charge in [0.15, 0.2) is 0 Å². The third kappa shape index (κ3) is 4.25. The summed E-state index contributed by atoms with van der Waals surface area (Å²) in [6.45, 7) is 2.69. The molecule has 18 heavy (non-hydrogen) atoms. The lowest BCUT2D eigenvalue weighted by molar-refractivity contribution is -0.132. The Balaban J connectivity index is 1.58. The summed E-state index contributed by atoms with van der Waals surface area (Å²) in [4.78, 5) is 13.9. The molecule has 1 saturated carbocycles. The van der Waals surface area contributed by atoms with E-state index >= 15 is 0 Å². The van der Waals surface area contributed by atoms with Crippen molar-refractivity contribution in [2.24, 2.45) is 0 Å². The van der Waals surface area contributed by atoms with Gasteiger partial charge in [-0.1, -0.05) is 0 Å². The van der Waals surface area contributed by atoms with Crippen LogP contribution in [0.2, 0.25) is 0 Å². The number of nitrogens with one attached hydrogen (secondary N) is 1. The number of carbonyl (C=O) groups excluding carboxylic acids is 1. The molecule has 0 atom stereocenters. The van der Waals surface area contributed by atoms with Crippen molar-refractivity contribution in [3.63, 3.8) is 0 Å². The maximum absolute atomic E-state index is 11.9. The summed E-state index contributed by atoms with van der Waals surface area (Å²) >= 11 is 0. The van der Waals surface area contributed by atoms with Crippen LogP contribution in [0.5, 0.6) is 0 Å². The minimum absolute atomic E-state index is 0.0990. The standard InChI is InChI=1S/C14H26N2O2/c17-13-6-4-12(5-7-13)15-9-8-14(18)16-10-2-1-3-11-16/h12-13,15,17H,1-11H2. The summed E-state index contributed by atoms with van der Waals surface area (Å²) in [5.74, 6) is 0.304. The molecule has 2 fully saturated rings. The van der Waals surface area contributed by atoms with Gasteiger partial charge in [0.1, 0.15) is 0 Å². The van der Waals surface area contributed by atoms with Crippen molar-refractivity contribution in [1.29, 1.82) is 0 Å². The second kappa shape index (κ2) is 7.10. The maximum Gasteiger partial charge on any atom is 0.223 e. The van der Waals surface area contributed by atoms with Gasteiger partial charge in [0.05, 0.1) is 6.10 Å². The number of aliphatic hydroxyl groups is 1. The van der Waals surface area contributed by atoms with Gasteiger partial charge in [0.2, 0.25) is 5.91 Å². The zero-order valence-corrected chi connectivity index (χ0v) is 11.2. The lowest BCUT2D eigenvalue weighted by atomic mass is 9.93. The molecule has 1 aliphatic heterocycles. The van der Waals surface area contributed by atoms with E-state index in [0.717, 1.165) is 45.3 Å². The molecule has 1 amide bonds. The van der Waals surface area contributed by atoms with Crippen LogP contribution in [-0.4, -0.2) is 47.7 Å². The van der Waals surface area contributed by atoms with E-state index < -0.39 is 0 Å². The average molecular weight is 254 g/mol. The minimum Gasteiger partial charge on any atom is -0.393 e. The topological polar surface area (TPSA) is 52.6 Å². The third-order valence-corrected chi connectivity index (χ3v) is 4.18. The fraction of sp³-hybridized carbons (Fsp3) is 0.929. The smallest absolute Gasteiger partial charge is 0.223 e. The minimum atomic E-state index is -0.0990. The van der Waals surface area contributed by atoms with Crippen molar-refractivity contribution in [3.05, 3.63) is 0 Å². The van der Waals surface area contributed by atoms with Gasteiger partial charge in [-0.3, -0.25) is 4.79 Å². The molecule has 2 aliphatic rings. The molecule has 0 radical (unpaired) electrons. The van der Waals surface area contributed by atoms with Crippen LogP contribution >= 0.6 is 0 Å². The zero-order chi connectivity index (χ0) is 12.8. The van der Waals surface area contributed by atoms with Gasteiger partial charge in [-0.05, 0) is 44.9 Å². The molecule has 4 heteroatoms. The molecule has 0 bridgehead atoms. The van der Waals surface area contributed by atoms with Gasteiger partial charge in [-0.2, -0.15) is 0 Å². The van der Waals surface area contributed by atoms with Crippen LogP contribution in [0.4, 0.5) is 0 Å². The molecule has 1 heterocycles. The maximum atomic E-state index is 11.9. The van der Waals surface area contributed by atoms with Gasteiger partial charge in [0, 0.05) is 32.1 Å². The van der Waals surface area contributed by atoms with Crippen LogP contribution < -0.4 is 5.32 Å². The van der Waals surface area contributed by atoms with Crippen LogP contribution in [-0.2, 0) is 4.79 Å². The first kappa shape index (κ1) is 13.8. The summed E-state index contributed by atoms with van der Waals surface area (Å²) in [6.07, 6.45) is 8.01. The predicted octanol–water partition coefficient (Wildman–Crippen LogP) is 1.28. The van der Waals surface area contributed by atoms with Crippen molar-refractivity contribution >= 4 is 5.91 Å². The summed E-state index contributed by atoms with van der Waals surface area (Å²) < 4.78 is 0. The molecule has 104 valence electrons. The van der Waals surface area contributed by atoms with E-state index in [0.29, 0.717) is 18.4 Å². The highest BCUT2D eigenvalue weighted by Crippen LogP contribution is 2.18. The normalized spacial score (nSPS) is 29.3. The Morgan fingerprint density at radius 3 is 2.44 bits per heavy atom. The average Bonchev–Trinajstić information content (AvgIpc) is 2.42. The molecule has 0 aromatic heterocycles. The van der Waals surface area contributed by atoms with Crippen LogP contribution in [0.3, 0.4) is 0 Å². The monoisotopic (exact) mass is 254 g/mol. The fourth-order valence-electron chi connectivity index (χ4n) is 2.96. The Hall–Kier alpha value is -0.610. The number of aliphatic hydroxyl groups excluding tert-OH is 1. The quantitative estimate of drug-likeness (QED) is 0.794. The lowest BCUT2D eigenvalue weighted by Crippen LogP contribution is -2.39. The number of likely N-dealkylation sites (tertiary alicyclic amines) is 1. The first-order chi connectivity index (χ1) is 8.75. The van der Waals surface area contributed by atoms with Gasteiger partial charge in [-0.15, -0.1) is 0 Å². The van der Waals surface area contributed by atoms with Gasteiger partial charge >= 0.3 is 0 Å². The first-order valence-electron chi connectivity index (χ1n) is 7.45. The van der Waals surface area contributed by atoms with Crippen LogP contribution in [0.15, 0.2) is 0 Å². The highest BCUT2D eigenvalue weighted by atomic mass is 16.3. The Bertz CT molecular complexity index is 257. The van der Waals surface area contributed by atoms with E-state index in [1.165, 1.54) is 19.3 Å². The van der Waals surface area contributed by atoms with Crippen molar-refractivity contribution < 1.29 is 9.90 Å². The summed E-state index contributed by atoms with van der Waals surface area (Å²) in [6, 6.07) is 0.502. The van der Waals surface area contributed by atoms with Crippen molar-refractivity contribution in [1.82, 2.24) is 10.2 Å². The van der Waals surface area contributed by atoms with Crippen LogP contribution in [0.25, 0.3) is 0 Å². The van der Waals surface area contributed by atoms with Crippen LogP contribution in [0, 0.1) is 0 Å². The Labute approximate surface area is 110 Å². The molecule has 4 nitrogen and oxygen atoms in total. The second-order valence-electron chi connectivity index (χ2n) is 5.65. The van der Waals surface area contributed by atoms with Gasteiger partial charge in [0.25, 0.3) is 0 Å². The SMILES string of the molecule is O=C(CCNC1CCC(O)CC1)N1CCCCC1. The highest BCUT2D eigenvalue weighted by Gasteiger charge is 2.20. The molecular formula is C14H26N2O2. The highest BCUT2D eigenvalue weighted by molar-refractivity contribution is 5.76. The predicted molar refractivity (Wildman–Crippen MR) is 71.3 cm³/mol. The van der Waals surface area contributed by atoms with E-state index in [-0.39, 0.29) is 6.10 Å². The summed E-state index contributed by atoms with van der Waals surface area (Å²) in [5, 5.41) is 12.9. The van der Waals surface area contributed by atoms with Gasteiger partial charge in [-0.25, -0.2) is 0 Å². The molecule has 0 unspecified atom stereocenters.